The van der Waals surface area contributed by atoms with E-state index in [0.29, 0.717) is 12.2 Å². The topological polar surface area (TPSA) is 58.6 Å². The lowest BCUT2D eigenvalue weighted by atomic mass is 10.1. The number of ether oxygens (including phenoxy) is 1. The highest BCUT2D eigenvalue weighted by Crippen LogP contribution is 2.24. The number of aromatic hydroxyl groups is 1. The Bertz CT molecular complexity index is 676. The quantitative estimate of drug-likeness (QED) is 0.848. The predicted octanol–water partition coefficient (Wildman–Crippen LogP) is 3.58. The summed E-state index contributed by atoms with van der Waals surface area (Å²) < 4.78 is 18.0. The van der Waals surface area contributed by atoms with Crippen LogP contribution in [0.1, 0.15) is 15.9 Å². The Kier molecular flexibility index (Phi) is 4.65. The molecule has 21 heavy (non-hydrogen) atoms. The molecule has 0 bridgehead atoms. The van der Waals surface area contributed by atoms with Gasteiger partial charge in [-0.1, -0.05) is 17.7 Å². The minimum Gasteiger partial charge on any atom is -0.506 e. The summed E-state index contributed by atoms with van der Waals surface area (Å²) in [6.45, 7) is 0.409. The molecule has 2 aromatic carbocycles. The summed E-state index contributed by atoms with van der Waals surface area (Å²) in [5, 5.41) is 12.6. The van der Waals surface area contributed by atoms with E-state index in [-0.39, 0.29) is 16.3 Å². The molecule has 0 aromatic heterocycles. The smallest absolute Gasteiger partial charge is 0.340 e. The number of anilines is 1. The van der Waals surface area contributed by atoms with Crippen molar-refractivity contribution < 1.29 is 19.0 Å². The number of methoxy groups -OCH3 is 1. The van der Waals surface area contributed by atoms with E-state index in [1.807, 2.05) is 0 Å². The number of phenolic OH excluding ortho intramolecular Hbond substituents is 1. The van der Waals surface area contributed by atoms with E-state index < -0.39 is 11.8 Å². The first kappa shape index (κ1) is 15.1. The molecule has 0 fully saturated rings. The van der Waals surface area contributed by atoms with E-state index >= 15 is 0 Å². The molecule has 0 spiro atoms. The van der Waals surface area contributed by atoms with Gasteiger partial charge in [0.2, 0.25) is 0 Å². The minimum atomic E-state index is -0.733. The van der Waals surface area contributed by atoms with Gasteiger partial charge in [0.15, 0.2) is 0 Å². The lowest BCUT2D eigenvalue weighted by Crippen LogP contribution is -2.06. The van der Waals surface area contributed by atoms with Gasteiger partial charge in [0.05, 0.1) is 17.7 Å². The van der Waals surface area contributed by atoms with Crippen LogP contribution in [0.5, 0.6) is 5.75 Å². The van der Waals surface area contributed by atoms with Gasteiger partial charge in [-0.2, -0.15) is 0 Å². The highest BCUT2D eigenvalue weighted by molar-refractivity contribution is 6.32. The number of carbonyl (C=O) groups excluding carboxylic acids is 1. The van der Waals surface area contributed by atoms with Crippen molar-refractivity contribution >= 4 is 23.3 Å². The molecule has 4 nitrogen and oxygen atoms in total. The van der Waals surface area contributed by atoms with E-state index in [2.05, 4.69) is 10.1 Å². The molecule has 0 saturated carbocycles. The van der Waals surface area contributed by atoms with Gasteiger partial charge < -0.3 is 15.2 Å². The molecule has 110 valence electrons. The SMILES string of the molecule is COC(=O)c1cc(NCc2ccc(O)c(Cl)c2)ccc1F. The molecule has 2 rings (SSSR count). The van der Waals surface area contributed by atoms with Gasteiger partial charge in [-0.05, 0) is 35.9 Å². The Morgan fingerprint density at radius 2 is 2.10 bits per heavy atom. The van der Waals surface area contributed by atoms with Crippen LogP contribution in [0.25, 0.3) is 0 Å². The van der Waals surface area contributed by atoms with Gasteiger partial charge in [0.1, 0.15) is 11.6 Å². The summed E-state index contributed by atoms with van der Waals surface area (Å²) in [7, 11) is 1.19. The number of halogens is 2. The van der Waals surface area contributed by atoms with Crippen molar-refractivity contribution in [3.05, 3.63) is 58.4 Å². The van der Waals surface area contributed by atoms with Gasteiger partial charge in [0, 0.05) is 12.2 Å². The third-order valence-electron chi connectivity index (χ3n) is 2.88. The van der Waals surface area contributed by atoms with Gasteiger partial charge in [0.25, 0.3) is 0 Å². The maximum atomic E-state index is 13.5. The summed E-state index contributed by atoms with van der Waals surface area (Å²) in [6, 6.07) is 8.91. The van der Waals surface area contributed by atoms with Gasteiger partial charge >= 0.3 is 5.97 Å². The van der Waals surface area contributed by atoms with Crippen molar-refractivity contribution in [2.24, 2.45) is 0 Å². The fraction of sp³-hybridized carbons (Fsp3) is 0.133. The second kappa shape index (κ2) is 6.45. The highest BCUT2D eigenvalue weighted by Gasteiger charge is 2.12. The highest BCUT2D eigenvalue weighted by atomic mass is 35.5. The molecule has 0 amide bonds. The van der Waals surface area contributed by atoms with Crippen LogP contribution in [0.2, 0.25) is 5.02 Å². The van der Waals surface area contributed by atoms with Crippen molar-refractivity contribution in [1.29, 1.82) is 0 Å². The average molecular weight is 310 g/mol. The number of benzene rings is 2. The van der Waals surface area contributed by atoms with Crippen molar-refractivity contribution in [2.75, 3.05) is 12.4 Å². The molecule has 6 heteroatoms. The lowest BCUT2D eigenvalue weighted by Gasteiger charge is -2.09. The number of carbonyl (C=O) groups is 1. The Morgan fingerprint density at radius 1 is 1.33 bits per heavy atom. The summed E-state index contributed by atoms with van der Waals surface area (Å²) in [5.74, 6) is -1.36. The van der Waals surface area contributed by atoms with Crippen LogP contribution in [-0.2, 0) is 11.3 Å². The first-order valence-electron chi connectivity index (χ1n) is 6.10. The fourth-order valence-corrected chi connectivity index (χ4v) is 1.97. The van der Waals surface area contributed by atoms with Crippen molar-refractivity contribution in [3.8, 4) is 5.75 Å². The first-order valence-corrected chi connectivity index (χ1v) is 6.48. The summed E-state index contributed by atoms with van der Waals surface area (Å²) in [4.78, 5) is 11.4. The number of phenols is 1. The summed E-state index contributed by atoms with van der Waals surface area (Å²) in [6.07, 6.45) is 0. The molecule has 2 aromatic rings. The van der Waals surface area contributed by atoms with Crippen LogP contribution in [0, 0.1) is 5.82 Å². The van der Waals surface area contributed by atoms with Crippen LogP contribution in [-0.4, -0.2) is 18.2 Å². The van der Waals surface area contributed by atoms with Crippen molar-refractivity contribution in [1.82, 2.24) is 0 Å². The first-order chi connectivity index (χ1) is 10.0. The third kappa shape index (κ3) is 3.64. The summed E-state index contributed by atoms with van der Waals surface area (Å²) in [5.41, 5.74) is 1.27. The number of nitrogens with one attached hydrogen (secondary N) is 1. The van der Waals surface area contributed by atoms with Crippen molar-refractivity contribution in [2.45, 2.75) is 6.54 Å². The Hall–Kier alpha value is -2.27. The number of esters is 1. The standard InChI is InChI=1S/C15H13ClFNO3/c1-21-15(20)11-7-10(3-4-13(11)17)18-8-9-2-5-14(19)12(16)6-9/h2-7,18-19H,8H2,1H3. The molecule has 0 atom stereocenters. The molecule has 0 radical (unpaired) electrons. The van der Waals surface area contributed by atoms with Gasteiger partial charge in [-0.25, -0.2) is 9.18 Å². The largest absolute Gasteiger partial charge is 0.506 e. The lowest BCUT2D eigenvalue weighted by molar-refractivity contribution is 0.0595. The Morgan fingerprint density at radius 3 is 2.76 bits per heavy atom. The number of rotatable bonds is 4. The van der Waals surface area contributed by atoms with Gasteiger partial charge in [-0.3, -0.25) is 0 Å². The van der Waals surface area contributed by atoms with Crippen LogP contribution < -0.4 is 5.32 Å². The van der Waals surface area contributed by atoms with E-state index in [0.717, 1.165) is 5.56 Å². The van der Waals surface area contributed by atoms with E-state index in [9.17, 15) is 14.3 Å². The van der Waals surface area contributed by atoms with Crippen LogP contribution >= 0.6 is 11.6 Å². The summed E-state index contributed by atoms with van der Waals surface area (Å²) >= 11 is 5.81. The maximum Gasteiger partial charge on any atom is 0.340 e. The molecule has 0 aliphatic carbocycles. The molecule has 2 N–H and O–H groups in total. The van der Waals surface area contributed by atoms with Crippen LogP contribution in [0.4, 0.5) is 10.1 Å². The van der Waals surface area contributed by atoms with E-state index in [1.54, 1.807) is 12.1 Å². The van der Waals surface area contributed by atoms with Crippen LogP contribution in [0.15, 0.2) is 36.4 Å². The normalized spacial score (nSPS) is 10.2. The van der Waals surface area contributed by atoms with Crippen molar-refractivity contribution in [3.63, 3.8) is 0 Å². The second-order valence-corrected chi connectivity index (χ2v) is 4.73. The van der Waals surface area contributed by atoms with Gasteiger partial charge in [-0.15, -0.1) is 0 Å². The average Bonchev–Trinajstić information content (AvgIpc) is 2.49. The second-order valence-electron chi connectivity index (χ2n) is 4.33. The Balaban J connectivity index is 2.13. The minimum absolute atomic E-state index is 0.00942. The van der Waals surface area contributed by atoms with Crippen LogP contribution in [0.3, 0.4) is 0 Å². The van der Waals surface area contributed by atoms with E-state index in [1.165, 1.54) is 31.4 Å². The predicted molar refractivity (Wildman–Crippen MR) is 78.2 cm³/mol. The number of hydrogen-bond donors (Lipinski definition) is 2. The molecule has 0 aliphatic rings. The zero-order chi connectivity index (χ0) is 15.4. The third-order valence-corrected chi connectivity index (χ3v) is 3.18. The molecule has 0 aliphatic heterocycles. The van der Waals surface area contributed by atoms with E-state index in [4.69, 9.17) is 11.6 Å². The molecular weight excluding hydrogens is 297 g/mol. The maximum absolute atomic E-state index is 13.5. The Labute approximate surface area is 126 Å². The zero-order valence-corrected chi connectivity index (χ0v) is 11.9. The monoisotopic (exact) mass is 309 g/mol. The molecular formula is C15H13ClFNO3. The zero-order valence-electron chi connectivity index (χ0n) is 11.2. The molecule has 0 unspecified atom stereocenters. The molecule has 0 heterocycles. The number of hydrogen-bond acceptors (Lipinski definition) is 4. The fourth-order valence-electron chi connectivity index (χ4n) is 1.77. The molecule has 0 saturated heterocycles.